The van der Waals surface area contributed by atoms with Crippen LogP contribution in [0.25, 0.3) is 17.1 Å². The molecule has 4 rings (SSSR count). The first-order valence-corrected chi connectivity index (χ1v) is 9.41. The van der Waals surface area contributed by atoms with Gasteiger partial charge in [-0.1, -0.05) is 48.5 Å². The number of hydrogen-bond donors (Lipinski definition) is 2. The van der Waals surface area contributed by atoms with Crippen molar-refractivity contribution in [3.05, 3.63) is 100 Å². The highest BCUT2D eigenvalue weighted by atomic mass is 16.6. The summed E-state index contributed by atoms with van der Waals surface area (Å²) in [4.78, 5) is 27.2. The summed E-state index contributed by atoms with van der Waals surface area (Å²) in [6, 6.07) is 22.0. The second-order valence-electron chi connectivity index (χ2n) is 6.57. The van der Waals surface area contributed by atoms with Gasteiger partial charge in [0.2, 0.25) is 5.82 Å². The molecule has 0 fully saturated rings. The summed E-state index contributed by atoms with van der Waals surface area (Å²) in [5.74, 6) is -0.542. The minimum absolute atomic E-state index is 0.0762. The Morgan fingerprint density at radius 3 is 2.44 bits per heavy atom. The molecule has 32 heavy (non-hydrogen) atoms. The zero-order valence-corrected chi connectivity index (χ0v) is 16.5. The third-order valence-corrected chi connectivity index (χ3v) is 4.43. The fraction of sp³-hybridized carbons (Fsp3) is 0. The van der Waals surface area contributed by atoms with Crippen LogP contribution in [0.2, 0.25) is 0 Å². The third kappa shape index (κ3) is 4.33. The molecule has 0 unspecified atom stereocenters. The number of aromatic hydroxyl groups is 1. The Morgan fingerprint density at radius 2 is 1.75 bits per heavy atom. The lowest BCUT2D eigenvalue weighted by Gasteiger charge is -2.05. The van der Waals surface area contributed by atoms with Crippen molar-refractivity contribution in [2.75, 3.05) is 0 Å². The van der Waals surface area contributed by atoms with Gasteiger partial charge in [-0.15, -0.1) is 5.10 Å². The van der Waals surface area contributed by atoms with E-state index in [0.717, 1.165) is 29.6 Å². The largest absolute Gasteiger partial charge is 0.507 e. The Balaban J connectivity index is 1.61. The van der Waals surface area contributed by atoms with Crippen LogP contribution in [0.4, 0.5) is 5.69 Å². The van der Waals surface area contributed by atoms with E-state index in [2.05, 4.69) is 20.6 Å². The van der Waals surface area contributed by atoms with E-state index >= 15 is 0 Å². The van der Waals surface area contributed by atoms with Crippen LogP contribution in [0.3, 0.4) is 0 Å². The first-order valence-electron chi connectivity index (χ1n) is 9.41. The van der Waals surface area contributed by atoms with Crippen molar-refractivity contribution in [3.8, 4) is 22.8 Å². The molecule has 1 aromatic heterocycles. The maximum atomic E-state index is 12.6. The molecule has 0 aliphatic heterocycles. The zero-order chi connectivity index (χ0) is 22.5. The van der Waals surface area contributed by atoms with E-state index in [1.54, 1.807) is 4.68 Å². The maximum Gasteiger partial charge on any atom is 0.311 e. The second-order valence-corrected chi connectivity index (χ2v) is 6.57. The predicted molar refractivity (Wildman–Crippen MR) is 117 cm³/mol. The molecule has 0 aliphatic rings. The first kappa shape index (κ1) is 20.4. The van der Waals surface area contributed by atoms with Gasteiger partial charge in [0.1, 0.15) is 5.75 Å². The molecule has 2 N–H and O–H groups in total. The molecule has 0 atom stereocenters. The molecule has 0 bridgehead atoms. The van der Waals surface area contributed by atoms with E-state index < -0.39 is 10.8 Å². The van der Waals surface area contributed by atoms with Gasteiger partial charge in [-0.25, -0.2) is 15.1 Å². The number of nitrogens with zero attached hydrogens (tertiary/aromatic N) is 5. The maximum absolute atomic E-state index is 12.6. The molecule has 4 aromatic rings. The molecule has 1 amide bonds. The molecule has 0 saturated heterocycles. The van der Waals surface area contributed by atoms with Gasteiger partial charge in [0.05, 0.1) is 16.8 Å². The minimum Gasteiger partial charge on any atom is -0.507 e. The lowest BCUT2D eigenvalue weighted by atomic mass is 10.2. The van der Waals surface area contributed by atoms with Crippen molar-refractivity contribution in [2.45, 2.75) is 0 Å². The van der Waals surface area contributed by atoms with E-state index in [1.165, 1.54) is 6.07 Å². The molecular weight excluding hydrogens is 412 g/mol. The normalized spacial score (nSPS) is 10.9. The van der Waals surface area contributed by atoms with E-state index in [4.69, 9.17) is 0 Å². The fourth-order valence-electron chi connectivity index (χ4n) is 2.90. The van der Waals surface area contributed by atoms with Gasteiger partial charge in [-0.2, -0.15) is 5.10 Å². The molecule has 0 radical (unpaired) electrons. The van der Waals surface area contributed by atoms with Crippen LogP contribution < -0.4 is 5.43 Å². The van der Waals surface area contributed by atoms with Gasteiger partial charge >= 0.3 is 5.91 Å². The number of phenols is 1. The summed E-state index contributed by atoms with van der Waals surface area (Å²) in [5, 5.41) is 28.8. The Kier molecular flexibility index (Phi) is 5.66. The van der Waals surface area contributed by atoms with Crippen molar-refractivity contribution >= 4 is 17.8 Å². The van der Waals surface area contributed by atoms with Crippen molar-refractivity contribution in [2.24, 2.45) is 5.10 Å². The van der Waals surface area contributed by atoms with Crippen LogP contribution in [0.15, 0.2) is 84.0 Å². The van der Waals surface area contributed by atoms with Gasteiger partial charge in [0, 0.05) is 23.3 Å². The smallest absolute Gasteiger partial charge is 0.311 e. The molecule has 10 heteroatoms. The SMILES string of the molecule is O=C(N/N=C/c1cc([N+](=O)[O-])ccc1O)c1nc(-c2ccccc2)n(-c2ccccc2)n1. The average molecular weight is 428 g/mol. The van der Waals surface area contributed by atoms with E-state index in [-0.39, 0.29) is 22.8 Å². The number of carbonyl (C=O) groups excluding carboxylic acids is 1. The van der Waals surface area contributed by atoms with Gasteiger partial charge < -0.3 is 5.11 Å². The number of hydrogen-bond acceptors (Lipinski definition) is 7. The number of aromatic nitrogens is 3. The number of nitrogens with one attached hydrogen (secondary N) is 1. The molecule has 0 saturated carbocycles. The van der Waals surface area contributed by atoms with Crippen molar-refractivity contribution in [1.82, 2.24) is 20.2 Å². The highest BCUT2D eigenvalue weighted by Crippen LogP contribution is 2.22. The lowest BCUT2D eigenvalue weighted by molar-refractivity contribution is -0.384. The predicted octanol–water partition coefficient (Wildman–Crippen LogP) is 3.31. The number of para-hydroxylation sites is 1. The number of nitro benzene ring substituents is 1. The molecular formula is C22H16N6O4. The van der Waals surface area contributed by atoms with E-state index in [0.29, 0.717) is 5.82 Å². The highest BCUT2D eigenvalue weighted by molar-refractivity contribution is 5.92. The summed E-state index contributed by atoms with van der Waals surface area (Å²) in [6.45, 7) is 0. The second kappa shape index (κ2) is 8.88. The number of non-ortho nitro benzene ring substituents is 1. The molecule has 10 nitrogen and oxygen atoms in total. The molecule has 1 heterocycles. The number of rotatable bonds is 6. The molecule has 0 spiro atoms. The summed E-state index contributed by atoms with van der Waals surface area (Å²) < 4.78 is 1.56. The van der Waals surface area contributed by atoms with Gasteiger partial charge in [-0.3, -0.25) is 14.9 Å². The fourth-order valence-corrected chi connectivity index (χ4v) is 2.90. The van der Waals surface area contributed by atoms with Crippen LogP contribution in [0.5, 0.6) is 5.75 Å². The Morgan fingerprint density at radius 1 is 1.06 bits per heavy atom. The van der Waals surface area contributed by atoms with Gasteiger partial charge in [0.25, 0.3) is 5.69 Å². The number of phenolic OH excluding ortho intramolecular Hbond substituents is 1. The molecule has 3 aromatic carbocycles. The van der Waals surface area contributed by atoms with Crippen molar-refractivity contribution in [3.63, 3.8) is 0 Å². The van der Waals surface area contributed by atoms with Crippen LogP contribution in [-0.2, 0) is 0 Å². The van der Waals surface area contributed by atoms with Crippen LogP contribution in [0.1, 0.15) is 16.2 Å². The van der Waals surface area contributed by atoms with Gasteiger partial charge in [-0.05, 0) is 18.2 Å². The monoisotopic (exact) mass is 428 g/mol. The topological polar surface area (TPSA) is 136 Å². The van der Waals surface area contributed by atoms with E-state index in [1.807, 2.05) is 60.7 Å². The number of nitro groups is 1. The number of amides is 1. The van der Waals surface area contributed by atoms with E-state index in [9.17, 15) is 20.0 Å². The highest BCUT2D eigenvalue weighted by Gasteiger charge is 2.18. The van der Waals surface area contributed by atoms with Crippen molar-refractivity contribution < 1.29 is 14.8 Å². The summed E-state index contributed by atoms with van der Waals surface area (Å²) in [6.07, 6.45) is 1.10. The standard InChI is InChI=1S/C22H16N6O4/c29-19-12-11-18(28(31)32)13-16(19)14-23-25-22(30)20-24-21(15-7-3-1-4-8-15)27(26-20)17-9-5-2-6-10-17/h1-14,29H,(H,25,30)/b23-14+. The third-order valence-electron chi connectivity index (χ3n) is 4.43. The number of benzene rings is 3. The average Bonchev–Trinajstić information content (AvgIpc) is 3.27. The van der Waals surface area contributed by atoms with Crippen LogP contribution in [-0.4, -0.2) is 36.9 Å². The van der Waals surface area contributed by atoms with Crippen molar-refractivity contribution in [1.29, 1.82) is 0 Å². The molecule has 158 valence electrons. The minimum atomic E-state index is -0.682. The Hall–Kier alpha value is -4.86. The lowest BCUT2D eigenvalue weighted by Crippen LogP contribution is -2.19. The Labute approximate surface area is 181 Å². The molecule has 0 aliphatic carbocycles. The number of hydrazone groups is 1. The van der Waals surface area contributed by atoms with Crippen LogP contribution >= 0.6 is 0 Å². The number of carbonyl (C=O) groups is 1. The summed E-state index contributed by atoms with van der Waals surface area (Å²) in [5.41, 5.74) is 3.63. The Bertz CT molecular complexity index is 1250. The first-order chi connectivity index (χ1) is 15.5. The summed E-state index contributed by atoms with van der Waals surface area (Å²) in [7, 11) is 0. The van der Waals surface area contributed by atoms with Crippen LogP contribution in [0, 0.1) is 10.1 Å². The summed E-state index contributed by atoms with van der Waals surface area (Å²) >= 11 is 0. The quantitative estimate of drug-likeness (QED) is 0.275. The zero-order valence-electron chi connectivity index (χ0n) is 16.5. The van der Waals surface area contributed by atoms with Gasteiger partial charge in [0.15, 0.2) is 5.82 Å².